The van der Waals surface area contributed by atoms with Crippen LogP contribution in [0.15, 0.2) is 6.33 Å². The van der Waals surface area contributed by atoms with E-state index in [1.807, 2.05) is 0 Å². The topological polar surface area (TPSA) is 41.1 Å². The fraction of sp³-hybridized carbons (Fsp3) is 0.733. The van der Waals surface area contributed by atoms with E-state index in [9.17, 15) is 0 Å². The summed E-state index contributed by atoms with van der Waals surface area (Å²) < 4.78 is 0. The highest BCUT2D eigenvalue weighted by Crippen LogP contribution is 2.27. The first kappa shape index (κ1) is 14.1. The summed E-state index contributed by atoms with van der Waals surface area (Å²) >= 11 is 0. The summed E-state index contributed by atoms with van der Waals surface area (Å²) in [5, 5.41) is 3.35. The van der Waals surface area contributed by atoms with Crippen LogP contribution < -0.4 is 10.2 Å². The minimum absolute atomic E-state index is 0.838. The summed E-state index contributed by atoms with van der Waals surface area (Å²) in [6.45, 7) is 9.80. The molecule has 0 saturated carbocycles. The van der Waals surface area contributed by atoms with Crippen LogP contribution in [-0.2, 0) is 6.42 Å². The van der Waals surface area contributed by atoms with Gasteiger partial charge in [-0.15, -0.1) is 0 Å². The van der Waals surface area contributed by atoms with Crippen LogP contribution >= 0.6 is 0 Å². The van der Waals surface area contributed by atoms with Gasteiger partial charge < -0.3 is 10.2 Å². The fourth-order valence-corrected chi connectivity index (χ4v) is 2.80. The Hall–Kier alpha value is -1.32. The quantitative estimate of drug-likeness (QED) is 0.905. The second kappa shape index (κ2) is 6.73. The van der Waals surface area contributed by atoms with E-state index in [0.717, 1.165) is 43.6 Å². The molecule has 1 atom stereocenters. The first-order valence-corrected chi connectivity index (χ1v) is 7.58. The number of aromatic nitrogens is 2. The first-order chi connectivity index (χ1) is 9.26. The van der Waals surface area contributed by atoms with Crippen LogP contribution in [-0.4, -0.2) is 29.6 Å². The summed E-state index contributed by atoms with van der Waals surface area (Å²) in [6, 6.07) is 0. The molecule has 1 unspecified atom stereocenters. The molecule has 1 aliphatic rings. The number of nitrogens with one attached hydrogen (secondary N) is 1. The second-order valence-corrected chi connectivity index (χ2v) is 5.43. The van der Waals surface area contributed by atoms with Crippen molar-refractivity contribution in [1.29, 1.82) is 0 Å². The smallest absolute Gasteiger partial charge is 0.137 e. The van der Waals surface area contributed by atoms with Gasteiger partial charge in [-0.25, -0.2) is 9.97 Å². The van der Waals surface area contributed by atoms with Crippen molar-refractivity contribution in [3.63, 3.8) is 0 Å². The zero-order valence-corrected chi connectivity index (χ0v) is 12.4. The number of hydrogen-bond donors (Lipinski definition) is 1. The molecule has 4 heteroatoms. The van der Waals surface area contributed by atoms with Crippen molar-refractivity contribution in [2.24, 2.45) is 5.92 Å². The van der Waals surface area contributed by atoms with Crippen LogP contribution in [0.5, 0.6) is 0 Å². The summed E-state index contributed by atoms with van der Waals surface area (Å²) in [6.07, 6.45) is 6.54. The van der Waals surface area contributed by atoms with Crippen molar-refractivity contribution in [2.45, 2.75) is 46.5 Å². The maximum atomic E-state index is 4.56. The van der Waals surface area contributed by atoms with Crippen molar-refractivity contribution >= 4 is 11.6 Å². The molecule has 0 bridgehead atoms. The molecule has 1 aliphatic heterocycles. The molecule has 2 heterocycles. The molecule has 0 spiro atoms. The third-order valence-corrected chi connectivity index (χ3v) is 3.94. The predicted molar refractivity (Wildman–Crippen MR) is 80.8 cm³/mol. The zero-order valence-electron chi connectivity index (χ0n) is 12.4. The predicted octanol–water partition coefficient (Wildman–Crippen LogP) is 3.10. The minimum Gasteiger partial charge on any atom is -0.370 e. The van der Waals surface area contributed by atoms with Crippen molar-refractivity contribution in [3.8, 4) is 0 Å². The van der Waals surface area contributed by atoms with Crippen molar-refractivity contribution < 1.29 is 0 Å². The Morgan fingerprint density at radius 1 is 1.26 bits per heavy atom. The molecule has 1 aromatic heterocycles. The normalized spacial score (nSPS) is 20.2. The number of nitrogens with zero attached hydrogens (tertiary/aromatic N) is 3. The van der Waals surface area contributed by atoms with E-state index >= 15 is 0 Å². The molecule has 1 aromatic rings. The van der Waals surface area contributed by atoms with E-state index in [-0.39, 0.29) is 0 Å². The van der Waals surface area contributed by atoms with Gasteiger partial charge in [0.25, 0.3) is 0 Å². The first-order valence-electron chi connectivity index (χ1n) is 7.58. The van der Waals surface area contributed by atoms with Crippen LogP contribution in [0.2, 0.25) is 0 Å². The Balaban J connectivity index is 2.25. The Bertz CT molecular complexity index is 405. The van der Waals surface area contributed by atoms with Crippen LogP contribution in [0.25, 0.3) is 0 Å². The average molecular weight is 262 g/mol. The fourth-order valence-electron chi connectivity index (χ4n) is 2.80. The van der Waals surface area contributed by atoms with E-state index in [0.29, 0.717) is 0 Å². The highest BCUT2D eigenvalue weighted by atomic mass is 15.2. The molecule has 0 amide bonds. The molecule has 1 saturated heterocycles. The van der Waals surface area contributed by atoms with E-state index in [1.165, 1.54) is 24.8 Å². The summed E-state index contributed by atoms with van der Waals surface area (Å²) in [7, 11) is 0. The SMILES string of the molecule is CCNc1ncnc(N2CCCC(C)CC2)c1CC. The molecular weight excluding hydrogens is 236 g/mol. The second-order valence-electron chi connectivity index (χ2n) is 5.43. The Morgan fingerprint density at radius 3 is 2.84 bits per heavy atom. The average Bonchev–Trinajstić information content (AvgIpc) is 2.64. The molecule has 2 rings (SSSR count). The lowest BCUT2D eigenvalue weighted by Crippen LogP contribution is -2.27. The third kappa shape index (κ3) is 3.37. The van der Waals surface area contributed by atoms with Crippen molar-refractivity contribution in [3.05, 3.63) is 11.9 Å². The summed E-state index contributed by atoms with van der Waals surface area (Å²) in [5.41, 5.74) is 1.26. The molecular formula is C15H26N4. The van der Waals surface area contributed by atoms with Gasteiger partial charge in [0, 0.05) is 25.2 Å². The molecule has 106 valence electrons. The summed E-state index contributed by atoms with van der Waals surface area (Å²) in [4.78, 5) is 11.4. The number of hydrogen-bond acceptors (Lipinski definition) is 4. The van der Waals surface area contributed by atoms with Gasteiger partial charge in [-0.05, 0) is 38.5 Å². The van der Waals surface area contributed by atoms with Gasteiger partial charge in [0.05, 0.1) is 0 Å². The summed E-state index contributed by atoms with van der Waals surface area (Å²) in [5.74, 6) is 2.99. The van der Waals surface area contributed by atoms with Gasteiger partial charge in [-0.1, -0.05) is 13.8 Å². The maximum Gasteiger partial charge on any atom is 0.137 e. The molecule has 4 nitrogen and oxygen atoms in total. The third-order valence-electron chi connectivity index (χ3n) is 3.94. The van der Waals surface area contributed by atoms with Gasteiger partial charge in [0.1, 0.15) is 18.0 Å². The molecule has 1 N–H and O–H groups in total. The van der Waals surface area contributed by atoms with Crippen LogP contribution in [0.4, 0.5) is 11.6 Å². The van der Waals surface area contributed by atoms with Gasteiger partial charge >= 0.3 is 0 Å². The highest BCUT2D eigenvalue weighted by molar-refractivity contribution is 5.58. The molecule has 1 fully saturated rings. The standard InChI is InChI=1S/C15H26N4/c1-4-13-14(16-5-2)17-11-18-15(13)19-9-6-7-12(3)8-10-19/h11-12H,4-10H2,1-3H3,(H,16,17,18). The van der Waals surface area contributed by atoms with Crippen molar-refractivity contribution in [1.82, 2.24) is 9.97 Å². The minimum atomic E-state index is 0.838. The lowest BCUT2D eigenvalue weighted by Gasteiger charge is -2.25. The molecule has 0 radical (unpaired) electrons. The number of anilines is 2. The molecule has 0 aromatic carbocycles. The van der Waals surface area contributed by atoms with Crippen molar-refractivity contribution in [2.75, 3.05) is 29.9 Å². The van der Waals surface area contributed by atoms with Crippen LogP contribution in [0, 0.1) is 5.92 Å². The van der Waals surface area contributed by atoms with E-state index in [1.54, 1.807) is 6.33 Å². The molecule has 19 heavy (non-hydrogen) atoms. The Morgan fingerprint density at radius 2 is 2.11 bits per heavy atom. The van der Waals surface area contributed by atoms with Gasteiger partial charge in [0.2, 0.25) is 0 Å². The monoisotopic (exact) mass is 262 g/mol. The molecule has 0 aliphatic carbocycles. The lowest BCUT2D eigenvalue weighted by molar-refractivity contribution is 0.521. The zero-order chi connectivity index (χ0) is 13.7. The van der Waals surface area contributed by atoms with E-state index in [4.69, 9.17) is 0 Å². The van der Waals surface area contributed by atoms with Crippen LogP contribution in [0.1, 0.15) is 45.6 Å². The highest BCUT2D eigenvalue weighted by Gasteiger charge is 2.19. The van der Waals surface area contributed by atoms with Gasteiger partial charge in [0.15, 0.2) is 0 Å². The van der Waals surface area contributed by atoms with Crippen LogP contribution in [0.3, 0.4) is 0 Å². The van der Waals surface area contributed by atoms with E-state index in [2.05, 4.69) is 41.0 Å². The Kier molecular flexibility index (Phi) is 5.00. The number of rotatable bonds is 4. The van der Waals surface area contributed by atoms with Gasteiger partial charge in [-0.2, -0.15) is 0 Å². The van der Waals surface area contributed by atoms with Gasteiger partial charge in [-0.3, -0.25) is 0 Å². The maximum absolute atomic E-state index is 4.56. The lowest BCUT2D eigenvalue weighted by atomic mass is 10.0. The Labute approximate surface area is 116 Å². The largest absolute Gasteiger partial charge is 0.370 e. The van der Waals surface area contributed by atoms with E-state index < -0.39 is 0 Å².